The van der Waals surface area contributed by atoms with Crippen molar-refractivity contribution in [2.75, 3.05) is 0 Å². The summed E-state index contributed by atoms with van der Waals surface area (Å²) in [6, 6.07) is 10.2. The molecule has 0 bridgehead atoms. The summed E-state index contributed by atoms with van der Waals surface area (Å²) in [6.07, 6.45) is 0. The summed E-state index contributed by atoms with van der Waals surface area (Å²) < 4.78 is 0. The van der Waals surface area contributed by atoms with Crippen molar-refractivity contribution >= 4 is 28.6 Å². The molecule has 0 aliphatic rings. The lowest BCUT2D eigenvalue weighted by Gasteiger charge is -1.94. The summed E-state index contributed by atoms with van der Waals surface area (Å²) in [7, 11) is 0. The fourth-order valence-electron chi connectivity index (χ4n) is 0.723. The topological polar surface area (TPSA) is 0 Å². The molecule has 0 atom stereocenters. The molecule has 0 fully saturated rings. The molecule has 0 aliphatic carbocycles. The Morgan fingerprint density at radius 2 is 1.70 bits per heavy atom. The Hall–Kier alpha value is -0.274. The average molecular weight is 144 g/mol. The van der Waals surface area contributed by atoms with Crippen LogP contribution in [-0.2, 0) is 0 Å². The Morgan fingerprint density at radius 3 is 2.00 bits per heavy atom. The van der Waals surface area contributed by atoms with E-state index in [1.807, 2.05) is 25.1 Å². The number of hydrogen-bond donors (Lipinski definition) is 0. The molecule has 50 valence electrons. The van der Waals surface area contributed by atoms with Crippen molar-refractivity contribution in [1.82, 2.24) is 0 Å². The molecule has 0 N–H and O–H groups in total. The van der Waals surface area contributed by atoms with E-state index in [2.05, 4.69) is 18.7 Å². The molecule has 1 aromatic carbocycles. The van der Waals surface area contributed by atoms with Crippen LogP contribution in [0.2, 0.25) is 0 Å². The van der Waals surface area contributed by atoms with E-state index in [0.29, 0.717) is 0 Å². The van der Waals surface area contributed by atoms with Crippen LogP contribution in [-0.4, -0.2) is 23.1 Å². The third kappa shape index (κ3) is 2.54. The van der Waals surface area contributed by atoms with Crippen LogP contribution in [0.25, 0.3) is 5.57 Å². The van der Waals surface area contributed by atoms with Crippen molar-refractivity contribution in [2.45, 2.75) is 6.92 Å². The number of allylic oxidation sites excluding steroid dienone is 1. The largest absolute Gasteiger partial charge is 0.316 e. The Labute approximate surface area is 78.1 Å². The second kappa shape index (κ2) is 4.53. The van der Waals surface area contributed by atoms with E-state index in [1.165, 1.54) is 5.56 Å². The van der Waals surface area contributed by atoms with Gasteiger partial charge < -0.3 is 0 Å². The first-order valence-electron chi connectivity index (χ1n) is 3.01. The molecule has 10 heavy (non-hydrogen) atoms. The molecule has 1 aromatic rings. The Kier molecular flexibility index (Phi) is 4.40. The maximum atomic E-state index is 3.83. The summed E-state index contributed by atoms with van der Waals surface area (Å²) in [5, 5.41) is 0. The van der Waals surface area contributed by atoms with E-state index in [-0.39, 0.29) is 23.1 Å². The van der Waals surface area contributed by atoms with E-state index in [1.54, 1.807) is 0 Å². The Morgan fingerprint density at radius 1 is 1.20 bits per heavy atom. The minimum atomic E-state index is 0. The molecule has 0 aromatic heterocycles. The summed E-state index contributed by atoms with van der Waals surface area (Å²) in [5.74, 6) is 0. The van der Waals surface area contributed by atoms with E-state index in [4.69, 9.17) is 0 Å². The first-order valence-corrected chi connectivity index (χ1v) is 3.01. The van der Waals surface area contributed by atoms with Crippen LogP contribution in [0.3, 0.4) is 0 Å². The van der Waals surface area contributed by atoms with Gasteiger partial charge in [0.1, 0.15) is 0 Å². The smallest absolute Gasteiger partial charge is 0.0955 e. The van der Waals surface area contributed by atoms with Gasteiger partial charge in [0.25, 0.3) is 0 Å². The lowest BCUT2D eigenvalue weighted by Crippen LogP contribution is -1.72. The van der Waals surface area contributed by atoms with Crippen molar-refractivity contribution in [3.63, 3.8) is 0 Å². The van der Waals surface area contributed by atoms with Gasteiger partial charge >= 0.3 is 23.1 Å². The summed E-state index contributed by atoms with van der Waals surface area (Å²) >= 11 is 0. The van der Waals surface area contributed by atoms with Gasteiger partial charge in [-0.25, -0.2) is 0 Å². The van der Waals surface area contributed by atoms with Crippen molar-refractivity contribution in [1.29, 1.82) is 0 Å². The van der Waals surface area contributed by atoms with Gasteiger partial charge in [0, 0.05) is 0 Å². The van der Waals surface area contributed by atoms with E-state index in [9.17, 15) is 0 Å². The van der Waals surface area contributed by atoms with Crippen LogP contribution >= 0.6 is 0 Å². The molecule has 0 nitrogen and oxygen atoms in total. The van der Waals surface area contributed by atoms with Gasteiger partial charge in [0.15, 0.2) is 0 Å². The molecule has 1 heteroatoms. The fourth-order valence-corrected chi connectivity index (χ4v) is 0.723. The lowest BCUT2D eigenvalue weighted by atomic mass is 10.1. The highest BCUT2D eigenvalue weighted by Gasteiger charge is 1.86. The highest BCUT2D eigenvalue weighted by atomic mass is 24.3. The molecule has 0 amide bonds. The number of hydrogen-bond acceptors (Lipinski definition) is 0. The average Bonchev–Trinajstić information content (AvgIpc) is 1.90. The quantitative estimate of drug-likeness (QED) is 0.528. The predicted molar refractivity (Wildman–Crippen MR) is 49.7 cm³/mol. The number of rotatable bonds is 1. The molecular formula is C9H12Mg. The fraction of sp³-hybridized carbons (Fsp3) is 0.111. The third-order valence-electron chi connectivity index (χ3n) is 1.27. The summed E-state index contributed by atoms with van der Waals surface area (Å²) in [6.45, 7) is 5.83. The SMILES string of the molecule is C=C(C)c1ccccc1.[MgH2]. The summed E-state index contributed by atoms with van der Waals surface area (Å²) in [5.41, 5.74) is 2.34. The highest BCUT2D eigenvalue weighted by Crippen LogP contribution is 2.08. The minimum absolute atomic E-state index is 0. The highest BCUT2D eigenvalue weighted by molar-refractivity contribution is 5.75. The van der Waals surface area contributed by atoms with Crippen LogP contribution in [0.15, 0.2) is 36.9 Å². The molecule has 0 saturated carbocycles. The second-order valence-electron chi connectivity index (χ2n) is 2.15. The predicted octanol–water partition coefficient (Wildman–Crippen LogP) is 1.80. The maximum Gasteiger partial charge on any atom is 0.316 e. The van der Waals surface area contributed by atoms with Crippen LogP contribution in [0.5, 0.6) is 0 Å². The van der Waals surface area contributed by atoms with Crippen LogP contribution in [0, 0.1) is 0 Å². The maximum absolute atomic E-state index is 3.83. The van der Waals surface area contributed by atoms with E-state index >= 15 is 0 Å². The van der Waals surface area contributed by atoms with Gasteiger partial charge in [-0.3, -0.25) is 0 Å². The van der Waals surface area contributed by atoms with Gasteiger partial charge in [0.05, 0.1) is 0 Å². The zero-order chi connectivity index (χ0) is 6.69. The molecule has 0 saturated heterocycles. The van der Waals surface area contributed by atoms with Crippen molar-refractivity contribution < 1.29 is 0 Å². The first-order chi connectivity index (χ1) is 4.30. The van der Waals surface area contributed by atoms with E-state index < -0.39 is 0 Å². The standard InChI is InChI=1S/C9H10.Mg.2H/c1-8(2)9-6-4-3-5-7-9;;;/h3-7H,1H2,2H3;;;. The zero-order valence-electron chi connectivity index (χ0n) is 5.59. The molecule has 0 aliphatic heterocycles. The molecule has 0 radical (unpaired) electrons. The van der Waals surface area contributed by atoms with Crippen LogP contribution in [0.4, 0.5) is 0 Å². The van der Waals surface area contributed by atoms with Gasteiger partial charge in [-0.1, -0.05) is 42.5 Å². The van der Waals surface area contributed by atoms with E-state index in [0.717, 1.165) is 5.57 Å². The van der Waals surface area contributed by atoms with Gasteiger partial charge in [-0.2, -0.15) is 0 Å². The first kappa shape index (κ1) is 9.73. The molecular weight excluding hydrogens is 132 g/mol. The van der Waals surface area contributed by atoms with Gasteiger partial charge in [-0.05, 0) is 12.5 Å². The van der Waals surface area contributed by atoms with Gasteiger partial charge in [0.2, 0.25) is 0 Å². The second-order valence-corrected chi connectivity index (χ2v) is 2.15. The normalized spacial score (nSPS) is 8.10. The van der Waals surface area contributed by atoms with Crippen molar-refractivity contribution in [3.8, 4) is 0 Å². The Bertz CT molecular complexity index is 201. The summed E-state index contributed by atoms with van der Waals surface area (Å²) in [4.78, 5) is 0. The zero-order valence-corrected chi connectivity index (χ0v) is 5.59. The number of benzene rings is 1. The van der Waals surface area contributed by atoms with Crippen molar-refractivity contribution in [3.05, 3.63) is 42.5 Å². The lowest BCUT2D eigenvalue weighted by molar-refractivity contribution is 1.58. The molecule has 1 rings (SSSR count). The van der Waals surface area contributed by atoms with Gasteiger partial charge in [-0.15, -0.1) is 0 Å². The molecule has 0 heterocycles. The van der Waals surface area contributed by atoms with Crippen LogP contribution in [0.1, 0.15) is 12.5 Å². The third-order valence-corrected chi connectivity index (χ3v) is 1.27. The minimum Gasteiger partial charge on any atom is -0.0955 e. The molecule has 0 spiro atoms. The monoisotopic (exact) mass is 144 g/mol. The van der Waals surface area contributed by atoms with Crippen molar-refractivity contribution in [2.24, 2.45) is 0 Å². The molecule has 0 unspecified atom stereocenters. The Balaban J connectivity index is 0.000000810. The van der Waals surface area contributed by atoms with Crippen LogP contribution < -0.4 is 0 Å².